The molecule has 0 fully saturated rings. The van der Waals surface area contributed by atoms with E-state index in [1.807, 2.05) is 12.1 Å². The summed E-state index contributed by atoms with van der Waals surface area (Å²) in [6, 6.07) is 8.08. The number of hydrogen-bond donors (Lipinski definition) is 1. The molecule has 0 amide bonds. The van der Waals surface area contributed by atoms with E-state index in [4.69, 9.17) is 4.42 Å². The number of nitriles is 2. The molecule has 1 N–H and O–H groups in total. The molecule has 3 heterocycles. The van der Waals surface area contributed by atoms with Crippen molar-refractivity contribution in [3.05, 3.63) is 41.6 Å². The maximum atomic E-state index is 9.46. The number of rotatable bonds is 2. The van der Waals surface area contributed by atoms with Crippen LogP contribution in [0.2, 0.25) is 0 Å². The molecule has 3 rings (SSSR count). The summed E-state index contributed by atoms with van der Waals surface area (Å²) in [5, 5.41) is 25.7. The summed E-state index contributed by atoms with van der Waals surface area (Å²) in [7, 11) is 0. The minimum Gasteiger partial charge on any atom is -0.468 e. The highest BCUT2D eigenvalue weighted by Gasteiger charge is 2.36. The molecule has 6 nitrogen and oxygen atoms in total. The van der Waals surface area contributed by atoms with Gasteiger partial charge in [0, 0.05) is 17.5 Å². The highest BCUT2D eigenvalue weighted by molar-refractivity contribution is 5.90. The van der Waals surface area contributed by atoms with Crippen molar-refractivity contribution in [3.63, 3.8) is 0 Å². The number of aromatic nitrogens is 2. The van der Waals surface area contributed by atoms with Crippen molar-refractivity contribution in [3.8, 4) is 23.4 Å². The number of furan rings is 1. The fraction of sp³-hybridized carbons (Fsp3) is 0.250. The van der Waals surface area contributed by atoms with Crippen LogP contribution in [0.3, 0.4) is 0 Å². The SMILES string of the molecule is CC1=NC(C)=C(C#N)C(c2cc(-c3ccn[nH]3)co2)C1C#N. The van der Waals surface area contributed by atoms with Crippen molar-refractivity contribution in [2.24, 2.45) is 10.9 Å². The zero-order chi connectivity index (χ0) is 15.7. The summed E-state index contributed by atoms with van der Waals surface area (Å²) in [6.07, 6.45) is 3.25. The first-order chi connectivity index (χ1) is 10.7. The van der Waals surface area contributed by atoms with Gasteiger partial charge in [-0.15, -0.1) is 0 Å². The van der Waals surface area contributed by atoms with E-state index in [1.54, 1.807) is 26.3 Å². The fourth-order valence-electron chi connectivity index (χ4n) is 2.73. The van der Waals surface area contributed by atoms with Crippen LogP contribution in [0.1, 0.15) is 25.5 Å². The predicted octanol–water partition coefficient (Wildman–Crippen LogP) is 3.17. The van der Waals surface area contributed by atoms with Gasteiger partial charge in [-0.1, -0.05) is 0 Å². The number of allylic oxidation sites excluding steroid dienone is 2. The summed E-state index contributed by atoms with van der Waals surface area (Å²) in [5.41, 5.74) is 3.46. The van der Waals surface area contributed by atoms with E-state index >= 15 is 0 Å². The number of aliphatic imine (C=N–C) groups is 1. The van der Waals surface area contributed by atoms with E-state index in [1.165, 1.54) is 0 Å². The number of hydrogen-bond acceptors (Lipinski definition) is 5. The average Bonchev–Trinajstić information content (AvgIpc) is 3.17. The highest BCUT2D eigenvalue weighted by atomic mass is 16.3. The van der Waals surface area contributed by atoms with Gasteiger partial charge in [0.2, 0.25) is 0 Å². The quantitative estimate of drug-likeness (QED) is 0.917. The number of aromatic amines is 1. The topological polar surface area (TPSA) is 102 Å². The Morgan fingerprint density at radius 3 is 2.77 bits per heavy atom. The maximum absolute atomic E-state index is 9.46. The lowest BCUT2D eigenvalue weighted by Crippen LogP contribution is -2.24. The molecular weight excluding hydrogens is 278 g/mol. The van der Waals surface area contributed by atoms with Gasteiger partial charge in [0.15, 0.2) is 0 Å². The first-order valence-corrected chi connectivity index (χ1v) is 6.79. The van der Waals surface area contributed by atoms with Crippen LogP contribution >= 0.6 is 0 Å². The Bertz CT molecular complexity index is 842. The van der Waals surface area contributed by atoms with Crippen LogP contribution in [-0.2, 0) is 0 Å². The molecule has 108 valence electrons. The van der Waals surface area contributed by atoms with Crippen LogP contribution in [-0.4, -0.2) is 15.9 Å². The van der Waals surface area contributed by atoms with Crippen molar-refractivity contribution >= 4 is 5.71 Å². The molecular formula is C16H13N5O. The van der Waals surface area contributed by atoms with Gasteiger partial charge < -0.3 is 4.42 Å². The monoisotopic (exact) mass is 291 g/mol. The van der Waals surface area contributed by atoms with E-state index in [9.17, 15) is 10.5 Å². The first kappa shape index (κ1) is 13.8. The molecule has 0 saturated carbocycles. The van der Waals surface area contributed by atoms with Crippen molar-refractivity contribution in [1.29, 1.82) is 10.5 Å². The molecule has 0 aromatic carbocycles. The molecule has 0 radical (unpaired) electrons. The summed E-state index contributed by atoms with van der Waals surface area (Å²) >= 11 is 0. The molecule has 6 heteroatoms. The molecule has 0 bridgehead atoms. The number of H-pyrrole nitrogens is 1. The van der Waals surface area contributed by atoms with Gasteiger partial charge in [-0.05, 0) is 26.0 Å². The van der Waals surface area contributed by atoms with Crippen LogP contribution in [0, 0.1) is 28.6 Å². The largest absolute Gasteiger partial charge is 0.468 e. The highest BCUT2D eigenvalue weighted by Crippen LogP contribution is 2.39. The van der Waals surface area contributed by atoms with E-state index in [2.05, 4.69) is 27.3 Å². The van der Waals surface area contributed by atoms with Gasteiger partial charge in [-0.25, -0.2) is 0 Å². The molecule has 2 aromatic heterocycles. The summed E-state index contributed by atoms with van der Waals surface area (Å²) < 4.78 is 5.65. The van der Waals surface area contributed by atoms with E-state index in [0.717, 1.165) is 11.3 Å². The molecule has 2 atom stereocenters. The third-order valence-electron chi connectivity index (χ3n) is 3.83. The second kappa shape index (κ2) is 5.34. The minimum absolute atomic E-state index is 0.427. The van der Waals surface area contributed by atoms with Crippen molar-refractivity contribution in [2.45, 2.75) is 19.8 Å². The molecule has 2 unspecified atom stereocenters. The number of nitrogens with zero attached hydrogens (tertiary/aromatic N) is 4. The lowest BCUT2D eigenvalue weighted by Gasteiger charge is -2.24. The van der Waals surface area contributed by atoms with Gasteiger partial charge in [0.1, 0.15) is 12.0 Å². The first-order valence-electron chi connectivity index (χ1n) is 6.79. The van der Waals surface area contributed by atoms with E-state index in [0.29, 0.717) is 22.7 Å². The minimum atomic E-state index is -0.501. The Kier molecular flexibility index (Phi) is 3.36. The Balaban J connectivity index is 2.08. The fourth-order valence-corrected chi connectivity index (χ4v) is 2.73. The van der Waals surface area contributed by atoms with Crippen molar-refractivity contribution < 1.29 is 4.42 Å². The van der Waals surface area contributed by atoms with Crippen LogP contribution < -0.4 is 0 Å². The third-order valence-corrected chi connectivity index (χ3v) is 3.83. The van der Waals surface area contributed by atoms with Crippen molar-refractivity contribution in [2.75, 3.05) is 0 Å². The van der Waals surface area contributed by atoms with Crippen LogP contribution in [0.15, 0.2) is 45.3 Å². The zero-order valence-corrected chi connectivity index (χ0v) is 12.2. The molecule has 0 saturated heterocycles. The summed E-state index contributed by atoms with van der Waals surface area (Å²) in [5.74, 6) is -0.343. The van der Waals surface area contributed by atoms with Crippen LogP contribution in [0.25, 0.3) is 11.3 Å². The lowest BCUT2D eigenvalue weighted by molar-refractivity contribution is 0.468. The maximum Gasteiger partial charge on any atom is 0.114 e. The van der Waals surface area contributed by atoms with E-state index < -0.39 is 11.8 Å². The third kappa shape index (κ3) is 2.11. The Hall–Kier alpha value is -3.12. The average molecular weight is 291 g/mol. The Labute approximate surface area is 127 Å². The molecule has 1 aliphatic heterocycles. The van der Waals surface area contributed by atoms with Gasteiger partial charge in [0.05, 0.1) is 40.9 Å². The van der Waals surface area contributed by atoms with Crippen LogP contribution in [0.5, 0.6) is 0 Å². The predicted molar refractivity (Wildman–Crippen MR) is 79.6 cm³/mol. The second-order valence-corrected chi connectivity index (χ2v) is 5.16. The van der Waals surface area contributed by atoms with E-state index in [-0.39, 0.29) is 0 Å². The van der Waals surface area contributed by atoms with Gasteiger partial charge in [0.25, 0.3) is 0 Å². The molecule has 0 aliphatic carbocycles. The lowest BCUT2D eigenvalue weighted by atomic mass is 9.79. The molecule has 22 heavy (non-hydrogen) atoms. The Morgan fingerprint density at radius 1 is 1.32 bits per heavy atom. The summed E-state index contributed by atoms with van der Waals surface area (Å²) in [4.78, 5) is 4.31. The van der Waals surface area contributed by atoms with Crippen molar-refractivity contribution in [1.82, 2.24) is 10.2 Å². The standard InChI is InChI=1S/C16H13N5O/c1-9-12(6-17)16(13(7-18)10(2)20-9)15-5-11(8-22-15)14-3-4-19-21-14/h3-5,8,12,16H,1-2H3,(H,19,21). The smallest absolute Gasteiger partial charge is 0.114 e. The number of nitrogens with one attached hydrogen (secondary N) is 1. The van der Waals surface area contributed by atoms with Gasteiger partial charge in [-0.3, -0.25) is 10.1 Å². The normalized spacial score (nSPS) is 21.2. The molecule has 1 aliphatic rings. The zero-order valence-electron chi connectivity index (χ0n) is 12.2. The van der Waals surface area contributed by atoms with Gasteiger partial charge >= 0.3 is 0 Å². The summed E-state index contributed by atoms with van der Waals surface area (Å²) in [6.45, 7) is 3.58. The Morgan fingerprint density at radius 2 is 2.14 bits per heavy atom. The van der Waals surface area contributed by atoms with Gasteiger partial charge in [-0.2, -0.15) is 15.6 Å². The molecule has 0 spiro atoms. The van der Waals surface area contributed by atoms with Crippen LogP contribution in [0.4, 0.5) is 0 Å². The second-order valence-electron chi connectivity index (χ2n) is 5.16. The molecule has 2 aromatic rings.